The van der Waals surface area contributed by atoms with E-state index in [0.717, 1.165) is 6.42 Å². The first kappa shape index (κ1) is 36.2. The van der Waals surface area contributed by atoms with E-state index in [2.05, 4.69) is 27.7 Å². The van der Waals surface area contributed by atoms with Crippen LogP contribution in [0.25, 0.3) is 0 Å². The van der Waals surface area contributed by atoms with E-state index >= 15 is 0 Å². The monoisotopic (exact) mass is 636 g/mol. The van der Waals surface area contributed by atoms with Gasteiger partial charge in [0.1, 0.15) is 29.9 Å². The Labute approximate surface area is 267 Å². The third kappa shape index (κ3) is 6.32. The van der Waals surface area contributed by atoms with Crippen molar-refractivity contribution in [1.29, 1.82) is 0 Å². The van der Waals surface area contributed by atoms with Crippen LogP contribution >= 0.6 is 0 Å². The predicted molar refractivity (Wildman–Crippen MR) is 166 cm³/mol. The number of carbonyl (C=O) groups excluding carboxylic acids is 2. The molecule has 0 amide bonds. The van der Waals surface area contributed by atoms with Gasteiger partial charge in [-0.05, 0) is 80.0 Å². The Balaban J connectivity index is 1.63. The van der Waals surface area contributed by atoms with E-state index in [9.17, 15) is 34.8 Å². The molecule has 4 aliphatic rings. The quantitative estimate of drug-likeness (QED) is 0.175. The maximum atomic E-state index is 14.0. The number of fused-ring (bicyclic) bond motifs is 3. The molecule has 10 nitrogen and oxygen atoms in total. The smallest absolute Gasteiger partial charge is 0.330 e. The van der Waals surface area contributed by atoms with Gasteiger partial charge in [-0.25, -0.2) is 4.79 Å². The minimum absolute atomic E-state index is 0.0528. The van der Waals surface area contributed by atoms with Crippen molar-refractivity contribution in [2.75, 3.05) is 6.61 Å². The zero-order valence-corrected chi connectivity index (χ0v) is 28.1. The van der Waals surface area contributed by atoms with Crippen molar-refractivity contribution in [3.8, 4) is 0 Å². The zero-order valence-electron chi connectivity index (χ0n) is 28.1. The van der Waals surface area contributed by atoms with Crippen LogP contribution in [0.15, 0.2) is 11.6 Å². The Hall–Kier alpha value is -1.69. The minimum atomic E-state index is -1.46. The number of ether oxygens (including phenoxy) is 2. The first-order valence-electron chi connectivity index (χ1n) is 16.8. The molecular formula is C35H56O10. The van der Waals surface area contributed by atoms with Gasteiger partial charge < -0.3 is 35.0 Å². The van der Waals surface area contributed by atoms with Crippen molar-refractivity contribution in [3.63, 3.8) is 0 Å². The number of ketones is 2. The second kappa shape index (κ2) is 13.1. The lowest BCUT2D eigenvalue weighted by atomic mass is 9.35. The second-order valence-electron chi connectivity index (χ2n) is 15.9. The summed E-state index contributed by atoms with van der Waals surface area (Å²) in [6, 6.07) is 0. The molecule has 0 aromatic heterocycles. The molecule has 256 valence electrons. The van der Waals surface area contributed by atoms with Crippen LogP contribution in [-0.2, 0) is 23.9 Å². The number of allylic oxidation sites excluding steroid dienone is 1. The molecule has 3 saturated carbocycles. The fourth-order valence-electron chi connectivity index (χ4n) is 9.90. The van der Waals surface area contributed by atoms with Gasteiger partial charge in [0.25, 0.3) is 0 Å². The standard InChI is InChI=1S/C35H56O10/c1-19(9-8-10-20(2)30(42)43)21(36)13-16-34(6)26(39)12-11-24-33(5)15-14-25(38)32(3,4)29(33)23(17-35(24,34)7)45-31-28(41)27(40)22(37)18-44-31/h10,19,22-25,27-29,31,37-38,40-41H,8-9,11-18H2,1-7H3,(H,42,43)/b20-10+/t19-,22?,23+,24-,25-,27?,28?,29+,31?,33-,34-,35-/m1/s1. The molecule has 12 atom stereocenters. The van der Waals surface area contributed by atoms with E-state index in [1.54, 1.807) is 6.08 Å². The molecular weight excluding hydrogens is 580 g/mol. The number of aliphatic carboxylic acids is 1. The fourth-order valence-corrected chi connectivity index (χ4v) is 9.90. The van der Waals surface area contributed by atoms with Crippen molar-refractivity contribution in [1.82, 2.24) is 0 Å². The van der Waals surface area contributed by atoms with E-state index in [4.69, 9.17) is 14.6 Å². The molecule has 0 radical (unpaired) electrons. The topological polar surface area (TPSA) is 171 Å². The average molecular weight is 637 g/mol. The van der Waals surface area contributed by atoms with Crippen LogP contribution in [0.5, 0.6) is 0 Å². The molecule has 3 aliphatic carbocycles. The van der Waals surface area contributed by atoms with E-state index in [1.165, 1.54) is 6.92 Å². The highest BCUT2D eigenvalue weighted by Crippen LogP contribution is 2.71. The van der Waals surface area contributed by atoms with E-state index in [1.807, 2.05) is 13.8 Å². The summed E-state index contributed by atoms with van der Waals surface area (Å²) in [5, 5.41) is 51.6. The summed E-state index contributed by atoms with van der Waals surface area (Å²) in [4.78, 5) is 38.4. The van der Waals surface area contributed by atoms with Gasteiger partial charge in [-0.15, -0.1) is 0 Å². The van der Waals surface area contributed by atoms with Gasteiger partial charge in [-0.2, -0.15) is 0 Å². The van der Waals surface area contributed by atoms with Crippen LogP contribution in [0.3, 0.4) is 0 Å². The Bertz CT molecular complexity index is 1170. The maximum Gasteiger partial charge on any atom is 0.330 e. The van der Waals surface area contributed by atoms with E-state index in [-0.39, 0.29) is 53.3 Å². The van der Waals surface area contributed by atoms with Gasteiger partial charge in [-0.3, -0.25) is 9.59 Å². The first-order valence-corrected chi connectivity index (χ1v) is 16.8. The number of Topliss-reactive ketones (excluding diaryl/α,β-unsaturated/α-hetero) is 2. The maximum absolute atomic E-state index is 14.0. The van der Waals surface area contributed by atoms with Crippen LogP contribution in [0.2, 0.25) is 0 Å². The summed E-state index contributed by atoms with van der Waals surface area (Å²) < 4.78 is 12.3. The van der Waals surface area contributed by atoms with Gasteiger partial charge in [-0.1, -0.05) is 47.6 Å². The van der Waals surface area contributed by atoms with E-state index in [0.29, 0.717) is 44.9 Å². The molecule has 4 fully saturated rings. The molecule has 10 heteroatoms. The number of aliphatic hydroxyl groups is 4. The Morgan fingerprint density at radius 2 is 1.73 bits per heavy atom. The molecule has 1 heterocycles. The van der Waals surface area contributed by atoms with Crippen LogP contribution in [0, 0.1) is 39.4 Å². The molecule has 0 bridgehead atoms. The van der Waals surface area contributed by atoms with Crippen molar-refractivity contribution >= 4 is 17.5 Å². The van der Waals surface area contributed by atoms with Crippen LogP contribution in [0.1, 0.15) is 106 Å². The van der Waals surface area contributed by atoms with Gasteiger partial charge in [0.2, 0.25) is 0 Å². The number of hydrogen-bond acceptors (Lipinski definition) is 9. The lowest BCUT2D eigenvalue weighted by Gasteiger charge is -2.70. The summed E-state index contributed by atoms with van der Waals surface area (Å²) in [6.45, 7) is 13.7. The third-order valence-electron chi connectivity index (χ3n) is 13.0. The summed E-state index contributed by atoms with van der Waals surface area (Å²) in [6.07, 6.45) is -0.193. The van der Waals surface area contributed by atoms with Gasteiger partial charge >= 0.3 is 5.97 Å². The number of rotatable bonds is 10. The number of carboxylic acid groups (broad SMARTS) is 1. The van der Waals surface area contributed by atoms with E-state index < -0.39 is 59.0 Å². The number of carboxylic acids is 1. The van der Waals surface area contributed by atoms with Crippen LogP contribution in [-0.4, -0.2) is 86.5 Å². The largest absolute Gasteiger partial charge is 0.478 e. The van der Waals surface area contributed by atoms with Gasteiger partial charge in [0.15, 0.2) is 6.29 Å². The molecule has 1 saturated heterocycles. The SMILES string of the molecule is C/C(=C\CC[C@@H](C)C(=O)CC[C@]1(C)C(=O)CC[C@@H]2[C@@]3(C)CC[C@@H](O)C(C)(C)[C@@H]3[C@@H](OC3OCC(O)C(O)C3O)C[C@]21C)C(=O)O. The second-order valence-corrected chi connectivity index (χ2v) is 15.9. The fraction of sp³-hybridized carbons (Fsp3) is 0.857. The first-order chi connectivity index (χ1) is 20.8. The summed E-state index contributed by atoms with van der Waals surface area (Å²) >= 11 is 0. The molecule has 45 heavy (non-hydrogen) atoms. The van der Waals surface area contributed by atoms with Crippen LogP contribution < -0.4 is 0 Å². The molecule has 4 unspecified atom stereocenters. The molecule has 1 aliphatic heterocycles. The summed E-state index contributed by atoms with van der Waals surface area (Å²) in [7, 11) is 0. The normalized spacial score (nSPS) is 44.1. The molecule has 0 aromatic carbocycles. The Morgan fingerprint density at radius 1 is 1.07 bits per heavy atom. The Morgan fingerprint density at radius 3 is 2.38 bits per heavy atom. The third-order valence-corrected chi connectivity index (χ3v) is 13.0. The molecule has 0 aromatic rings. The average Bonchev–Trinajstić information content (AvgIpc) is 2.96. The summed E-state index contributed by atoms with van der Waals surface area (Å²) in [5.74, 6) is -1.09. The lowest BCUT2D eigenvalue weighted by molar-refractivity contribution is -0.323. The van der Waals surface area contributed by atoms with Crippen molar-refractivity contribution in [3.05, 3.63) is 11.6 Å². The molecule has 0 spiro atoms. The van der Waals surface area contributed by atoms with Crippen LogP contribution in [0.4, 0.5) is 0 Å². The van der Waals surface area contributed by atoms with Crippen molar-refractivity contribution in [2.24, 2.45) is 39.4 Å². The molecule has 5 N–H and O–H groups in total. The number of carbonyl (C=O) groups is 3. The zero-order chi connectivity index (χ0) is 33.7. The summed E-state index contributed by atoms with van der Waals surface area (Å²) in [5.41, 5.74) is -2.02. The highest BCUT2D eigenvalue weighted by Gasteiger charge is 2.70. The highest BCUT2D eigenvalue weighted by molar-refractivity contribution is 5.88. The highest BCUT2D eigenvalue weighted by atomic mass is 16.7. The Kier molecular flexibility index (Phi) is 10.5. The van der Waals surface area contributed by atoms with Gasteiger partial charge in [0, 0.05) is 29.7 Å². The lowest BCUT2D eigenvalue weighted by Crippen LogP contribution is -2.69. The van der Waals surface area contributed by atoms with Crippen molar-refractivity contribution in [2.45, 2.75) is 143 Å². The minimum Gasteiger partial charge on any atom is -0.478 e. The molecule has 4 rings (SSSR count). The predicted octanol–water partition coefficient (Wildman–Crippen LogP) is 3.81. The van der Waals surface area contributed by atoms with Gasteiger partial charge in [0.05, 0.1) is 18.8 Å². The number of aliphatic hydroxyl groups excluding tert-OH is 4. The van der Waals surface area contributed by atoms with Crippen molar-refractivity contribution < 1.29 is 49.4 Å². The number of hydrogen-bond donors (Lipinski definition) is 5.